The van der Waals surface area contributed by atoms with E-state index in [4.69, 9.17) is 9.84 Å². The molecule has 2 rings (SSSR count). The molecule has 0 radical (unpaired) electrons. The Morgan fingerprint density at radius 2 is 2.28 bits per heavy atom. The second-order valence-electron chi connectivity index (χ2n) is 4.26. The van der Waals surface area contributed by atoms with Gasteiger partial charge in [-0.05, 0) is 24.1 Å². The molecule has 1 aromatic carbocycles. The molecule has 1 amide bonds. The summed E-state index contributed by atoms with van der Waals surface area (Å²) in [5, 5.41) is 8.97. The number of hydrogen-bond acceptors (Lipinski definition) is 3. The van der Waals surface area contributed by atoms with Gasteiger partial charge in [0, 0.05) is 19.5 Å². The Bertz CT molecular complexity index is 484. The third kappa shape index (κ3) is 2.45. The molecule has 5 nitrogen and oxygen atoms in total. The Balaban J connectivity index is 2.19. The van der Waals surface area contributed by atoms with Gasteiger partial charge in [-0.3, -0.25) is 4.79 Å². The molecular weight excluding hydrogens is 234 g/mol. The van der Waals surface area contributed by atoms with Gasteiger partial charge in [0.25, 0.3) is 0 Å². The topological polar surface area (TPSA) is 66.8 Å². The van der Waals surface area contributed by atoms with Crippen LogP contribution in [0.25, 0.3) is 0 Å². The zero-order valence-electron chi connectivity index (χ0n) is 10.2. The molecule has 0 aromatic heterocycles. The van der Waals surface area contributed by atoms with E-state index in [2.05, 4.69) is 0 Å². The van der Waals surface area contributed by atoms with Gasteiger partial charge in [0.05, 0.1) is 7.11 Å². The molecule has 0 spiro atoms. The predicted octanol–water partition coefficient (Wildman–Crippen LogP) is 1.52. The molecule has 1 aromatic rings. The Kier molecular flexibility index (Phi) is 3.50. The molecule has 5 heteroatoms. The van der Waals surface area contributed by atoms with Gasteiger partial charge in [0.2, 0.25) is 5.91 Å². The molecule has 0 atom stereocenters. The van der Waals surface area contributed by atoms with Crippen molar-refractivity contribution in [3.63, 3.8) is 0 Å². The molecule has 0 bridgehead atoms. The third-order valence-electron chi connectivity index (χ3n) is 3.04. The number of likely N-dealkylation sites (tertiary alicyclic amines) is 1. The fourth-order valence-corrected chi connectivity index (χ4v) is 2.10. The molecule has 1 heterocycles. The van der Waals surface area contributed by atoms with Crippen LogP contribution in [0.5, 0.6) is 5.75 Å². The molecule has 96 valence electrons. The largest absolute Gasteiger partial charge is 0.496 e. The number of carbonyl (C=O) groups excluding carboxylic acids is 1. The van der Waals surface area contributed by atoms with Crippen molar-refractivity contribution in [1.82, 2.24) is 4.90 Å². The summed E-state index contributed by atoms with van der Waals surface area (Å²) in [5.41, 5.74) is 1.01. The van der Waals surface area contributed by atoms with E-state index in [1.807, 2.05) is 0 Å². The number of hydrogen-bond donors (Lipinski definition) is 1. The Labute approximate surface area is 105 Å². The average Bonchev–Trinajstić information content (AvgIpc) is 2.74. The van der Waals surface area contributed by atoms with E-state index in [-0.39, 0.29) is 11.5 Å². The number of carboxylic acids is 1. The van der Waals surface area contributed by atoms with Crippen LogP contribution in [-0.2, 0) is 11.3 Å². The standard InChI is InChI=1S/C13H15NO4/c1-18-11-7-9(4-5-10(11)13(16)17)8-14-6-2-3-12(14)15/h4-5,7H,2-3,6,8H2,1H3,(H,16,17). The lowest BCUT2D eigenvalue weighted by Crippen LogP contribution is -2.23. The van der Waals surface area contributed by atoms with Gasteiger partial charge in [0.15, 0.2) is 0 Å². The normalized spacial score (nSPS) is 14.9. The molecule has 1 saturated heterocycles. The fraction of sp³-hybridized carbons (Fsp3) is 0.385. The first-order valence-electron chi connectivity index (χ1n) is 5.80. The number of ether oxygens (including phenoxy) is 1. The first-order chi connectivity index (χ1) is 8.61. The maximum absolute atomic E-state index is 11.5. The van der Waals surface area contributed by atoms with Gasteiger partial charge >= 0.3 is 5.97 Å². The fourth-order valence-electron chi connectivity index (χ4n) is 2.10. The van der Waals surface area contributed by atoms with Crippen LogP contribution in [-0.4, -0.2) is 35.5 Å². The SMILES string of the molecule is COc1cc(CN2CCCC2=O)ccc1C(=O)O. The summed E-state index contributed by atoms with van der Waals surface area (Å²) in [6.45, 7) is 1.27. The van der Waals surface area contributed by atoms with Crippen molar-refractivity contribution in [3.8, 4) is 5.75 Å². The van der Waals surface area contributed by atoms with Gasteiger partial charge < -0.3 is 14.7 Å². The summed E-state index contributed by atoms with van der Waals surface area (Å²) >= 11 is 0. The smallest absolute Gasteiger partial charge is 0.339 e. The monoisotopic (exact) mass is 249 g/mol. The van der Waals surface area contributed by atoms with E-state index in [0.717, 1.165) is 18.5 Å². The Hall–Kier alpha value is -2.04. The van der Waals surface area contributed by atoms with E-state index in [0.29, 0.717) is 18.7 Å². The molecular formula is C13H15NO4. The zero-order chi connectivity index (χ0) is 13.1. The number of carbonyl (C=O) groups is 2. The van der Waals surface area contributed by atoms with Crippen molar-refractivity contribution >= 4 is 11.9 Å². The molecule has 0 unspecified atom stereocenters. The Morgan fingerprint density at radius 1 is 1.50 bits per heavy atom. The van der Waals surface area contributed by atoms with Crippen LogP contribution in [0, 0.1) is 0 Å². The lowest BCUT2D eigenvalue weighted by molar-refractivity contribution is -0.128. The van der Waals surface area contributed by atoms with Gasteiger partial charge in [-0.15, -0.1) is 0 Å². The van der Waals surface area contributed by atoms with Crippen molar-refractivity contribution < 1.29 is 19.4 Å². The summed E-state index contributed by atoms with van der Waals surface area (Å²) in [6, 6.07) is 4.91. The average molecular weight is 249 g/mol. The van der Waals surface area contributed by atoms with Crippen molar-refractivity contribution in [1.29, 1.82) is 0 Å². The highest BCUT2D eigenvalue weighted by atomic mass is 16.5. The maximum Gasteiger partial charge on any atom is 0.339 e. The molecule has 0 aliphatic carbocycles. The minimum atomic E-state index is -1.02. The van der Waals surface area contributed by atoms with E-state index < -0.39 is 5.97 Å². The van der Waals surface area contributed by atoms with E-state index in [1.54, 1.807) is 17.0 Å². The lowest BCUT2D eigenvalue weighted by atomic mass is 10.1. The summed E-state index contributed by atoms with van der Waals surface area (Å²) < 4.78 is 5.05. The van der Waals surface area contributed by atoms with Gasteiger partial charge in [0.1, 0.15) is 11.3 Å². The molecule has 1 aliphatic heterocycles. The van der Waals surface area contributed by atoms with Crippen molar-refractivity contribution in [3.05, 3.63) is 29.3 Å². The third-order valence-corrected chi connectivity index (χ3v) is 3.04. The van der Waals surface area contributed by atoms with E-state index in [1.165, 1.54) is 13.2 Å². The van der Waals surface area contributed by atoms with Gasteiger partial charge in [-0.1, -0.05) is 6.07 Å². The lowest BCUT2D eigenvalue weighted by Gasteiger charge is -2.16. The van der Waals surface area contributed by atoms with Crippen molar-refractivity contribution in [2.75, 3.05) is 13.7 Å². The zero-order valence-corrected chi connectivity index (χ0v) is 10.2. The number of rotatable bonds is 4. The minimum absolute atomic E-state index is 0.133. The van der Waals surface area contributed by atoms with Crippen LogP contribution in [0.15, 0.2) is 18.2 Å². The number of nitrogens with zero attached hydrogens (tertiary/aromatic N) is 1. The number of amides is 1. The number of methoxy groups -OCH3 is 1. The molecule has 1 N–H and O–H groups in total. The molecule has 0 saturated carbocycles. The number of carboxylic acid groups (broad SMARTS) is 1. The first kappa shape index (κ1) is 12.4. The summed E-state index contributed by atoms with van der Waals surface area (Å²) in [7, 11) is 1.44. The van der Waals surface area contributed by atoms with Crippen LogP contribution >= 0.6 is 0 Å². The molecule has 1 aliphatic rings. The molecule has 18 heavy (non-hydrogen) atoms. The summed E-state index contributed by atoms with van der Waals surface area (Å²) in [5.74, 6) is -0.543. The number of aromatic carboxylic acids is 1. The minimum Gasteiger partial charge on any atom is -0.496 e. The van der Waals surface area contributed by atoms with Crippen LogP contribution in [0.1, 0.15) is 28.8 Å². The second kappa shape index (κ2) is 5.08. The highest BCUT2D eigenvalue weighted by Crippen LogP contribution is 2.22. The van der Waals surface area contributed by atoms with Crippen LogP contribution < -0.4 is 4.74 Å². The first-order valence-corrected chi connectivity index (χ1v) is 5.80. The van der Waals surface area contributed by atoms with Crippen LogP contribution in [0.4, 0.5) is 0 Å². The number of benzene rings is 1. The highest BCUT2D eigenvalue weighted by Gasteiger charge is 2.20. The van der Waals surface area contributed by atoms with Gasteiger partial charge in [-0.25, -0.2) is 4.79 Å². The van der Waals surface area contributed by atoms with Crippen LogP contribution in [0.3, 0.4) is 0 Å². The van der Waals surface area contributed by atoms with E-state index >= 15 is 0 Å². The molecule has 1 fully saturated rings. The van der Waals surface area contributed by atoms with Gasteiger partial charge in [-0.2, -0.15) is 0 Å². The quantitative estimate of drug-likeness (QED) is 0.878. The van der Waals surface area contributed by atoms with Crippen LogP contribution in [0.2, 0.25) is 0 Å². The summed E-state index contributed by atoms with van der Waals surface area (Å²) in [4.78, 5) is 24.2. The second-order valence-corrected chi connectivity index (χ2v) is 4.26. The van der Waals surface area contributed by atoms with Crippen molar-refractivity contribution in [2.24, 2.45) is 0 Å². The predicted molar refractivity (Wildman–Crippen MR) is 64.6 cm³/mol. The maximum atomic E-state index is 11.5. The summed E-state index contributed by atoms with van der Waals surface area (Å²) in [6.07, 6.45) is 1.49. The van der Waals surface area contributed by atoms with Crippen molar-refractivity contribution in [2.45, 2.75) is 19.4 Å². The highest BCUT2D eigenvalue weighted by molar-refractivity contribution is 5.91. The Morgan fingerprint density at radius 3 is 2.83 bits per heavy atom. The van der Waals surface area contributed by atoms with E-state index in [9.17, 15) is 9.59 Å².